The zero-order valence-corrected chi connectivity index (χ0v) is 17.2. The molecule has 1 aromatic rings. The Bertz CT molecular complexity index is 764. The Morgan fingerprint density at radius 2 is 1.43 bits per heavy atom. The number of nitrogens with zero attached hydrogens (tertiary/aromatic N) is 2. The zero-order valence-electron chi connectivity index (χ0n) is 17.2. The molecule has 0 atom stereocenters. The van der Waals surface area contributed by atoms with Gasteiger partial charge in [0, 0.05) is 19.1 Å². The van der Waals surface area contributed by atoms with Crippen molar-refractivity contribution in [1.29, 1.82) is 0 Å². The third-order valence-electron chi connectivity index (χ3n) is 6.72. The number of aryl methyl sites for hydroxylation is 1. The molecule has 0 aromatic heterocycles. The minimum Gasteiger partial charge on any atom is -0.366 e. The Labute approximate surface area is 168 Å². The van der Waals surface area contributed by atoms with Crippen molar-refractivity contribution in [3.05, 3.63) is 41.1 Å². The van der Waals surface area contributed by atoms with E-state index in [-0.39, 0.29) is 17.9 Å². The molecule has 0 spiro atoms. The lowest BCUT2D eigenvalue weighted by atomic mass is 9.97. The lowest BCUT2D eigenvalue weighted by molar-refractivity contribution is -0.140. The summed E-state index contributed by atoms with van der Waals surface area (Å²) in [4.78, 5) is 30.9. The number of carbonyl (C=O) groups excluding carboxylic acids is 2. The third kappa shape index (κ3) is 3.61. The van der Waals surface area contributed by atoms with Gasteiger partial charge in [-0.25, -0.2) is 0 Å². The number of amides is 2. The first kappa shape index (κ1) is 19.2. The van der Waals surface area contributed by atoms with Gasteiger partial charge in [-0.05, 0) is 44.1 Å². The van der Waals surface area contributed by atoms with E-state index in [1.165, 1.54) is 12.8 Å². The summed E-state index contributed by atoms with van der Waals surface area (Å²) in [5.74, 6) is 0.557. The summed E-state index contributed by atoms with van der Waals surface area (Å²) in [5, 5.41) is 0. The Morgan fingerprint density at radius 3 is 2.04 bits per heavy atom. The van der Waals surface area contributed by atoms with Crippen LogP contribution in [0.1, 0.15) is 69.4 Å². The van der Waals surface area contributed by atoms with Gasteiger partial charge in [0.15, 0.2) is 0 Å². The van der Waals surface area contributed by atoms with E-state index in [0.717, 1.165) is 62.7 Å². The summed E-state index contributed by atoms with van der Waals surface area (Å²) < 4.78 is 0. The fourth-order valence-electron chi connectivity index (χ4n) is 4.89. The number of piperidine rings is 1. The van der Waals surface area contributed by atoms with Crippen molar-refractivity contribution in [1.82, 2.24) is 9.80 Å². The summed E-state index contributed by atoms with van der Waals surface area (Å²) in [6.07, 6.45) is 8.69. The standard InChI is InChI=1S/C24H32N2O2/c1-17-9-11-19(12-10-17)21-22(25-15-13-18(2)14-16-25)24(28)26(23(21)27)20-7-5-3-4-6-8-20/h9-12,18,20H,3-8,13-16H2,1-2H3. The van der Waals surface area contributed by atoms with E-state index >= 15 is 0 Å². The van der Waals surface area contributed by atoms with E-state index in [2.05, 4.69) is 11.8 Å². The molecular weight excluding hydrogens is 348 g/mol. The summed E-state index contributed by atoms with van der Waals surface area (Å²) in [7, 11) is 0. The van der Waals surface area contributed by atoms with Crippen LogP contribution >= 0.6 is 0 Å². The lowest BCUT2D eigenvalue weighted by Gasteiger charge is -2.33. The number of carbonyl (C=O) groups is 2. The molecule has 4 rings (SSSR count). The molecule has 0 N–H and O–H groups in total. The van der Waals surface area contributed by atoms with Gasteiger partial charge in [0.25, 0.3) is 11.8 Å². The first-order chi connectivity index (χ1) is 13.6. The van der Waals surface area contributed by atoms with Crippen LogP contribution in [0.5, 0.6) is 0 Å². The Kier molecular flexibility index (Phi) is 5.56. The van der Waals surface area contributed by atoms with Gasteiger partial charge in [-0.15, -0.1) is 0 Å². The predicted molar refractivity (Wildman–Crippen MR) is 111 cm³/mol. The largest absolute Gasteiger partial charge is 0.366 e. The van der Waals surface area contributed by atoms with Crippen molar-refractivity contribution in [3.8, 4) is 0 Å². The third-order valence-corrected chi connectivity index (χ3v) is 6.72. The fraction of sp³-hybridized carbons (Fsp3) is 0.583. The van der Waals surface area contributed by atoms with Crippen LogP contribution < -0.4 is 0 Å². The quantitative estimate of drug-likeness (QED) is 0.571. The highest BCUT2D eigenvalue weighted by atomic mass is 16.2. The maximum absolute atomic E-state index is 13.6. The molecule has 150 valence electrons. The summed E-state index contributed by atoms with van der Waals surface area (Å²) in [5.41, 5.74) is 3.33. The first-order valence-electron chi connectivity index (χ1n) is 11.0. The van der Waals surface area contributed by atoms with Crippen molar-refractivity contribution in [2.45, 2.75) is 71.3 Å². The molecule has 0 radical (unpaired) electrons. The molecular formula is C24H32N2O2. The fourth-order valence-corrected chi connectivity index (χ4v) is 4.89. The van der Waals surface area contributed by atoms with Crippen LogP contribution in [0.15, 0.2) is 30.0 Å². The molecule has 1 aliphatic carbocycles. The van der Waals surface area contributed by atoms with Gasteiger partial charge < -0.3 is 4.90 Å². The van der Waals surface area contributed by atoms with Gasteiger partial charge in [-0.3, -0.25) is 14.5 Å². The second-order valence-electron chi connectivity index (χ2n) is 8.88. The van der Waals surface area contributed by atoms with E-state index < -0.39 is 0 Å². The molecule has 1 aromatic carbocycles. The normalized spacial score (nSPS) is 22.9. The van der Waals surface area contributed by atoms with E-state index in [4.69, 9.17) is 0 Å². The van der Waals surface area contributed by atoms with Crippen LogP contribution in [0.2, 0.25) is 0 Å². The van der Waals surface area contributed by atoms with Crippen LogP contribution in [0.4, 0.5) is 0 Å². The van der Waals surface area contributed by atoms with Crippen molar-refractivity contribution >= 4 is 17.4 Å². The molecule has 2 amide bonds. The average molecular weight is 381 g/mol. The molecule has 0 unspecified atom stereocenters. The minimum absolute atomic E-state index is 0.0537. The van der Waals surface area contributed by atoms with Crippen LogP contribution in [-0.2, 0) is 9.59 Å². The Hall–Kier alpha value is -2.10. The number of imide groups is 1. The highest BCUT2D eigenvalue weighted by Gasteiger charge is 2.44. The van der Waals surface area contributed by atoms with Gasteiger partial charge in [0.05, 0.1) is 5.57 Å². The molecule has 3 aliphatic rings. The average Bonchev–Trinajstić information content (AvgIpc) is 2.85. The topological polar surface area (TPSA) is 40.6 Å². The summed E-state index contributed by atoms with van der Waals surface area (Å²) >= 11 is 0. The molecule has 1 saturated carbocycles. The number of hydrogen-bond donors (Lipinski definition) is 0. The van der Waals surface area contributed by atoms with Crippen LogP contribution in [0.3, 0.4) is 0 Å². The molecule has 4 nitrogen and oxygen atoms in total. The van der Waals surface area contributed by atoms with Crippen LogP contribution in [0.25, 0.3) is 5.57 Å². The predicted octanol–water partition coefficient (Wildman–Crippen LogP) is 4.53. The summed E-state index contributed by atoms with van der Waals surface area (Å²) in [6.45, 7) is 6.05. The van der Waals surface area contributed by atoms with Crippen molar-refractivity contribution in [2.24, 2.45) is 5.92 Å². The van der Waals surface area contributed by atoms with E-state index in [9.17, 15) is 9.59 Å². The molecule has 0 bridgehead atoms. The molecule has 1 saturated heterocycles. The van der Waals surface area contributed by atoms with Gasteiger partial charge in [-0.2, -0.15) is 0 Å². The van der Waals surface area contributed by atoms with Gasteiger partial charge in [-0.1, -0.05) is 62.4 Å². The number of likely N-dealkylation sites (tertiary alicyclic amines) is 1. The number of benzene rings is 1. The Morgan fingerprint density at radius 1 is 0.821 bits per heavy atom. The zero-order chi connectivity index (χ0) is 19.7. The van der Waals surface area contributed by atoms with E-state index in [1.807, 2.05) is 31.2 Å². The molecule has 2 heterocycles. The van der Waals surface area contributed by atoms with Gasteiger partial charge in [0.1, 0.15) is 5.70 Å². The minimum atomic E-state index is -0.0747. The lowest BCUT2D eigenvalue weighted by Crippen LogP contribution is -2.43. The molecule has 4 heteroatoms. The molecule has 2 aliphatic heterocycles. The smallest absolute Gasteiger partial charge is 0.278 e. The van der Waals surface area contributed by atoms with Crippen molar-refractivity contribution in [3.63, 3.8) is 0 Å². The molecule has 28 heavy (non-hydrogen) atoms. The summed E-state index contributed by atoms with van der Waals surface area (Å²) in [6, 6.07) is 8.12. The van der Waals surface area contributed by atoms with Crippen molar-refractivity contribution in [2.75, 3.05) is 13.1 Å². The van der Waals surface area contributed by atoms with Crippen molar-refractivity contribution < 1.29 is 9.59 Å². The first-order valence-corrected chi connectivity index (χ1v) is 11.0. The van der Waals surface area contributed by atoms with Gasteiger partial charge >= 0.3 is 0 Å². The second-order valence-corrected chi connectivity index (χ2v) is 8.88. The van der Waals surface area contributed by atoms with E-state index in [0.29, 0.717) is 17.2 Å². The maximum Gasteiger partial charge on any atom is 0.278 e. The highest BCUT2D eigenvalue weighted by molar-refractivity contribution is 6.35. The van der Waals surface area contributed by atoms with Crippen LogP contribution in [-0.4, -0.2) is 40.7 Å². The molecule has 2 fully saturated rings. The monoisotopic (exact) mass is 380 g/mol. The number of rotatable bonds is 3. The Balaban J connectivity index is 1.72. The van der Waals surface area contributed by atoms with Gasteiger partial charge in [0.2, 0.25) is 0 Å². The SMILES string of the molecule is Cc1ccc(C2=C(N3CCC(C)CC3)C(=O)N(C3CCCCCC3)C2=O)cc1. The highest BCUT2D eigenvalue weighted by Crippen LogP contribution is 2.37. The van der Waals surface area contributed by atoms with Crippen LogP contribution in [0, 0.1) is 12.8 Å². The maximum atomic E-state index is 13.6. The van der Waals surface area contributed by atoms with E-state index in [1.54, 1.807) is 4.90 Å². The number of hydrogen-bond acceptors (Lipinski definition) is 3. The second kappa shape index (κ2) is 8.10.